The predicted octanol–water partition coefficient (Wildman–Crippen LogP) is 11.4. The zero-order valence-corrected chi connectivity index (χ0v) is 29.7. The van der Waals surface area contributed by atoms with Crippen LogP contribution in [0.2, 0.25) is 0 Å². The number of hydrogen-bond donors (Lipinski definition) is 8. The molecule has 1 aromatic heterocycles. The minimum Gasteiger partial charge on any atom is -0.504 e. The average molecular weight is 751 g/mol. The van der Waals surface area contributed by atoms with Gasteiger partial charge in [-0.25, -0.2) is 0 Å². The van der Waals surface area contributed by atoms with Gasteiger partial charge in [-0.3, -0.25) is 0 Å². The van der Waals surface area contributed by atoms with Crippen LogP contribution in [0.4, 0.5) is 0 Å². The third-order valence-corrected chi connectivity index (χ3v) is 10.9. The summed E-state index contributed by atoms with van der Waals surface area (Å²) in [4.78, 5) is 0. The van der Waals surface area contributed by atoms with Gasteiger partial charge in [0.25, 0.3) is 0 Å². The van der Waals surface area contributed by atoms with Crippen molar-refractivity contribution >= 4 is 54.3 Å². The normalized spacial score (nSPS) is 11.7. The fraction of sp³-hybridized carbons (Fsp3) is 0. The molecule has 0 fully saturated rings. The van der Waals surface area contributed by atoms with E-state index in [-0.39, 0.29) is 32.7 Å². The zero-order valence-electron chi connectivity index (χ0n) is 29.7. The van der Waals surface area contributed by atoms with Crippen molar-refractivity contribution in [3.8, 4) is 90.5 Å². The molecule has 10 aromatic rings. The molecule has 9 nitrogen and oxygen atoms in total. The fourth-order valence-electron chi connectivity index (χ4n) is 8.26. The van der Waals surface area contributed by atoms with E-state index in [0.29, 0.717) is 38.8 Å². The van der Waals surface area contributed by atoms with Crippen molar-refractivity contribution < 1.29 is 45.3 Å². The highest BCUT2D eigenvalue weighted by molar-refractivity contribution is 6.30. The van der Waals surface area contributed by atoms with E-state index in [4.69, 9.17) is 4.42 Å². The third-order valence-electron chi connectivity index (χ3n) is 10.9. The number of rotatable bonds is 4. The molecule has 0 saturated heterocycles. The molecule has 57 heavy (non-hydrogen) atoms. The Balaban J connectivity index is 1.35. The van der Waals surface area contributed by atoms with Gasteiger partial charge in [0.05, 0.1) is 0 Å². The minimum absolute atomic E-state index is 0.0287. The molecular weight excluding hydrogens is 721 g/mol. The standard InChI is InChI=1S/C48H30O9/c49-40-36-34(27-19-21-33-32(22-27)31-20-18-25-10-4-5-12-29(25)48(31)57-33)37-39(43(52)47(56)45(54)41(37)50)35(38(36)42(51)46(55)44(40)53)30-13-7-6-11-28(30)26-16-14-24(15-17-26)23-8-2-1-3-9-23/h1-22,49-56H. The van der Waals surface area contributed by atoms with E-state index in [9.17, 15) is 40.9 Å². The number of phenols is 8. The number of phenolic OH excluding ortho intramolecular Hbond substituents is 8. The molecule has 0 saturated carbocycles. The molecule has 0 aliphatic heterocycles. The fourth-order valence-corrected chi connectivity index (χ4v) is 8.26. The number of aromatic hydroxyl groups is 8. The van der Waals surface area contributed by atoms with E-state index in [1.54, 1.807) is 42.5 Å². The van der Waals surface area contributed by atoms with Crippen LogP contribution in [0.25, 0.3) is 98.8 Å². The zero-order chi connectivity index (χ0) is 39.3. The van der Waals surface area contributed by atoms with E-state index < -0.39 is 46.0 Å². The summed E-state index contributed by atoms with van der Waals surface area (Å²) >= 11 is 0. The Morgan fingerprint density at radius 1 is 0.316 bits per heavy atom. The molecular formula is C48H30O9. The van der Waals surface area contributed by atoms with E-state index >= 15 is 0 Å². The first kappa shape index (κ1) is 33.5. The highest BCUT2D eigenvalue weighted by atomic mass is 16.4. The van der Waals surface area contributed by atoms with E-state index in [1.165, 1.54) is 0 Å². The predicted molar refractivity (Wildman–Crippen MR) is 221 cm³/mol. The largest absolute Gasteiger partial charge is 0.504 e. The second-order valence-electron chi connectivity index (χ2n) is 14.0. The maximum absolute atomic E-state index is 11.8. The Hall–Kier alpha value is -8.04. The molecule has 0 spiro atoms. The monoisotopic (exact) mass is 750 g/mol. The molecule has 0 aliphatic rings. The van der Waals surface area contributed by atoms with Crippen LogP contribution in [-0.2, 0) is 0 Å². The second-order valence-corrected chi connectivity index (χ2v) is 14.0. The van der Waals surface area contributed by atoms with Crippen molar-refractivity contribution in [2.24, 2.45) is 0 Å². The Labute approximate surface area is 322 Å². The number of hydrogen-bond acceptors (Lipinski definition) is 9. The van der Waals surface area contributed by atoms with Crippen molar-refractivity contribution in [1.82, 2.24) is 0 Å². The third kappa shape index (κ3) is 4.76. The Bertz CT molecular complexity index is 3230. The molecule has 0 aliphatic carbocycles. The van der Waals surface area contributed by atoms with E-state index in [1.807, 2.05) is 91.0 Å². The summed E-state index contributed by atoms with van der Waals surface area (Å²) in [5.74, 6) is -7.54. The van der Waals surface area contributed by atoms with Gasteiger partial charge < -0.3 is 45.3 Å². The van der Waals surface area contributed by atoms with Crippen molar-refractivity contribution in [3.63, 3.8) is 0 Å². The lowest BCUT2D eigenvalue weighted by Gasteiger charge is -2.23. The number of fused-ring (bicyclic) bond motifs is 7. The number of furan rings is 1. The molecule has 0 radical (unpaired) electrons. The van der Waals surface area contributed by atoms with Crippen LogP contribution in [0.1, 0.15) is 0 Å². The molecule has 0 amide bonds. The van der Waals surface area contributed by atoms with Crippen LogP contribution < -0.4 is 0 Å². The smallest absolute Gasteiger partial charge is 0.204 e. The molecule has 0 unspecified atom stereocenters. The SMILES string of the molecule is Oc1c(O)c(O)c2c(-c3ccccc3-c3ccc(-c4ccccc4)cc3)c3c(O)c(O)c(O)c(O)c3c(-c3ccc4oc5c6ccccc6ccc5c4c3)c2c1O. The van der Waals surface area contributed by atoms with Gasteiger partial charge in [-0.05, 0) is 57.0 Å². The first-order valence-electron chi connectivity index (χ1n) is 18.0. The van der Waals surface area contributed by atoms with Crippen LogP contribution in [0, 0.1) is 0 Å². The van der Waals surface area contributed by atoms with Gasteiger partial charge >= 0.3 is 0 Å². The molecule has 0 atom stereocenters. The Morgan fingerprint density at radius 2 is 0.807 bits per heavy atom. The molecule has 10 rings (SSSR count). The van der Waals surface area contributed by atoms with Crippen molar-refractivity contribution in [3.05, 3.63) is 133 Å². The molecule has 9 heteroatoms. The van der Waals surface area contributed by atoms with Crippen molar-refractivity contribution in [2.45, 2.75) is 0 Å². The van der Waals surface area contributed by atoms with Crippen LogP contribution in [0.15, 0.2) is 138 Å². The van der Waals surface area contributed by atoms with Crippen molar-refractivity contribution in [1.29, 1.82) is 0 Å². The van der Waals surface area contributed by atoms with Crippen molar-refractivity contribution in [2.75, 3.05) is 0 Å². The first-order valence-corrected chi connectivity index (χ1v) is 18.0. The van der Waals surface area contributed by atoms with Crippen LogP contribution in [-0.4, -0.2) is 40.9 Å². The summed E-state index contributed by atoms with van der Waals surface area (Å²) in [6.45, 7) is 0. The van der Waals surface area contributed by atoms with Gasteiger partial charge in [0, 0.05) is 48.8 Å². The molecule has 276 valence electrons. The molecule has 0 bridgehead atoms. The Kier molecular flexibility index (Phi) is 7.20. The molecule has 1 heterocycles. The average Bonchev–Trinajstić information content (AvgIpc) is 3.64. The summed E-state index contributed by atoms with van der Waals surface area (Å²) in [6.07, 6.45) is 0. The van der Waals surface area contributed by atoms with E-state index in [2.05, 4.69) is 0 Å². The summed E-state index contributed by atoms with van der Waals surface area (Å²) in [5, 5.41) is 93.9. The Morgan fingerprint density at radius 3 is 1.44 bits per heavy atom. The van der Waals surface area contributed by atoms with Crippen LogP contribution in [0.3, 0.4) is 0 Å². The minimum atomic E-state index is -1.04. The quantitative estimate of drug-likeness (QED) is 0.0494. The maximum Gasteiger partial charge on any atom is 0.204 e. The summed E-state index contributed by atoms with van der Waals surface area (Å²) in [7, 11) is 0. The first-order chi connectivity index (χ1) is 27.6. The maximum atomic E-state index is 11.8. The van der Waals surface area contributed by atoms with Gasteiger partial charge in [-0.15, -0.1) is 0 Å². The van der Waals surface area contributed by atoms with Gasteiger partial charge in [0.15, 0.2) is 23.0 Å². The lowest BCUT2D eigenvalue weighted by atomic mass is 9.81. The summed E-state index contributed by atoms with van der Waals surface area (Å²) < 4.78 is 6.33. The topological polar surface area (TPSA) is 175 Å². The van der Waals surface area contributed by atoms with Gasteiger partial charge in [0.1, 0.15) is 11.2 Å². The summed E-state index contributed by atoms with van der Waals surface area (Å²) in [5.41, 5.74) is 4.95. The highest BCUT2D eigenvalue weighted by Crippen LogP contribution is 2.62. The van der Waals surface area contributed by atoms with Gasteiger partial charge in [-0.1, -0.05) is 115 Å². The van der Waals surface area contributed by atoms with E-state index in [0.717, 1.165) is 27.3 Å². The number of benzene rings is 9. The van der Waals surface area contributed by atoms with Crippen LogP contribution in [0.5, 0.6) is 46.0 Å². The summed E-state index contributed by atoms with van der Waals surface area (Å²) in [6, 6.07) is 41.1. The molecule has 8 N–H and O–H groups in total. The highest BCUT2D eigenvalue weighted by Gasteiger charge is 2.33. The van der Waals surface area contributed by atoms with Crippen LogP contribution >= 0.6 is 0 Å². The lowest BCUT2D eigenvalue weighted by molar-refractivity contribution is 0.350. The lowest BCUT2D eigenvalue weighted by Crippen LogP contribution is -1.96. The second kappa shape index (κ2) is 12.2. The van der Waals surface area contributed by atoms with Gasteiger partial charge in [0.2, 0.25) is 23.0 Å². The molecule has 9 aromatic carbocycles. The van der Waals surface area contributed by atoms with Gasteiger partial charge in [-0.2, -0.15) is 0 Å².